The summed E-state index contributed by atoms with van der Waals surface area (Å²) >= 11 is 0. The Hall–Kier alpha value is -1.79. The maximum atomic E-state index is 11.6. The number of nitrogens with two attached hydrogens (primary N) is 1. The second kappa shape index (κ2) is 3.99. The fourth-order valence-corrected chi connectivity index (χ4v) is 1.56. The van der Waals surface area contributed by atoms with Gasteiger partial charge in [0.15, 0.2) is 6.61 Å². The van der Waals surface area contributed by atoms with Gasteiger partial charge in [0.1, 0.15) is 17.2 Å². The molecule has 4 N–H and O–H groups in total. The molecule has 6 nitrogen and oxygen atoms in total. The highest BCUT2D eigenvalue weighted by atomic mass is 16.5. The van der Waals surface area contributed by atoms with Crippen molar-refractivity contribution in [1.82, 2.24) is 0 Å². The van der Waals surface area contributed by atoms with Crippen molar-refractivity contribution < 1.29 is 19.7 Å². The van der Waals surface area contributed by atoms with Crippen molar-refractivity contribution in [1.29, 1.82) is 0 Å². The van der Waals surface area contributed by atoms with Gasteiger partial charge >= 0.3 is 0 Å². The number of phenols is 1. The van der Waals surface area contributed by atoms with Crippen LogP contribution in [0.25, 0.3) is 0 Å². The number of nitrogens with one attached hydrogen (secondary N) is 1. The number of anilines is 1. The highest BCUT2D eigenvalue weighted by molar-refractivity contribution is 5.97. The Kier molecular flexibility index (Phi) is 2.67. The van der Waals surface area contributed by atoms with Crippen molar-refractivity contribution >= 4 is 11.6 Å². The molecule has 0 saturated carbocycles. The Bertz CT molecular complexity index is 433. The van der Waals surface area contributed by atoms with Crippen LogP contribution < -0.4 is 20.9 Å². The third kappa shape index (κ3) is 1.68. The first-order valence-electron chi connectivity index (χ1n) is 4.78. The third-order valence-corrected chi connectivity index (χ3v) is 2.34. The number of hydrogen-bond acceptors (Lipinski definition) is 5. The van der Waals surface area contributed by atoms with Gasteiger partial charge in [-0.05, 0) is 18.2 Å². The molecule has 1 atom stereocenters. The van der Waals surface area contributed by atoms with Crippen LogP contribution in [0.5, 0.6) is 11.5 Å². The SMILES string of the molecule is NC[C@H]([O-])c1ccc(O)c2c1OCC(=O)N2. The maximum Gasteiger partial charge on any atom is 0.262 e. The van der Waals surface area contributed by atoms with E-state index in [1.807, 2.05) is 0 Å². The molecule has 1 aromatic carbocycles. The standard InChI is InChI=1S/C10H11N2O4/c11-3-7(14)5-1-2-6(13)9-10(5)16-4-8(15)12-9/h1-2,7,13H,3-4,11H2,(H,12,15)/q-1/t7-/m0/s1. The lowest BCUT2D eigenvalue weighted by Gasteiger charge is -2.27. The van der Waals surface area contributed by atoms with Crippen molar-refractivity contribution in [3.05, 3.63) is 17.7 Å². The van der Waals surface area contributed by atoms with Crippen LogP contribution in [-0.4, -0.2) is 24.2 Å². The summed E-state index contributed by atoms with van der Waals surface area (Å²) in [5.74, 6) is -0.281. The zero-order chi connectivity index (χ0) is 11.7. The van der Waals surface area contributed by atoms with E-state index >= 15 is 0 Å². The summed E-state index contributed by atoms with van der Waals surface area (Å²) in [6.07, 6.45) is -1.13. The number of carbonyl (C=O) groups is 1. The number of fused-ring (bicyclic) bond motifs is 1. The fraction of sp³-hybridized carbons (Fsp3) is 0.300. The summed E-state index contributed by atoms with van der Waals surface area (Å²) in [6, 6.07) is 2.79. The minimum Gasteiger partial charge on any atom is -0.848 e. The molecule has 0 bridgehead atoms. The topological polar surface area (TPSA) is 108 Å². The Morgan fingerprint density at radius 2 is 2.38 bits per heavy atom. The largest absolute Gasteiger partial charge is 0.848 e. The Morgan fingerprint density at radius 1 is 1.62 bits per heavy atom. The van der Waals surface area contributed by atoms with Crippen molar-refractivity contribution in [2.24, 2.45) is 5.73 Å². The number of phenolic OH excluding ortho intramolecular Hbond substituents is 1. The molecule has 1 heterocycles. The molecule has 0 saturated heterocycles. The molecule has 0 fully saturated rings. The van der Waals surface area contributed by atoms with E-state index in [0.29, 0.717) is 5.56 Å². The van der Waals surface area contributed by atoms with Gasteiger partial charge in [0, 0.05) is 0 Å². The number of amides is 1. The Balaban J connectivity index is 2.50. The molecule has 1 aromatic rings. The third-order valence-electron chi connectivity index (χ3n) is 2.34. The van der Waals surface area contributed by atoms with E-state index in [0.717, 1.165) is 0 Å². The molecule has 1 aliphatic rings. The summed E-state index contributed by atoms with van der Waals surface area (Å²) < 4.78 is 5.14. The Labute approximate surface area is 91.6 Å². The molecule has 0 radical (unpaired) electrons. The maximum absolute atomic E-state index is 11.6. The molecule has 0 unspecified atom stereocenters. The van der Waals surface area contributed by atoms with Crippen molar-refractivity contribution in [3.63, 3.8) is 0 Å². The zero-order valence-electron chi connectivity index (χ0n) is 8.40. The number of carbonyl (C=O) groups excluding carboxylic acids is 1. The van der Waals surface area contributed by atoms with E-state index < -0.39 is 6.10 Å². The first kappa shape index (κ1) is 10.7. The van der Waals surface area contributed by atoms with E-state index in [4.69, 9.17) is 10.5 Å². The fourth-order valence-electron chi connectivity index (χ4n) is 1.56. The van der Waals surface area contributed by atoms with Gasteiger partial charge in [-0.1, -0.05) is 12.2 Å². The average molecular weight is 223 g/mol. The minimum atomic E-state index is -1.13. The summed E-state index contributed by atoms with van der Waals surface area (Å²) in [5.41, 5.74) is 5.77. The van der Waals surface area contributed by atoms with E-state index in [9.17, 15) is 15.0 Å². The van der Waals surface area contributed by atoms with Gasteiger partial charge in [-0.15, -0.1) is 0 Å². The minimum absolute atomic E-state index is 0.0749. The molecular formula is C10H11N2O4-. The second-order valence-corrected chi connectivity index (χ2v) is 3.44. The molecule has 16 heavy (non-hydrogen) atoms. The number of hydrogen-bond donors (Lipinski definition) is 3. The number of benzene rings is 1. The number of ether oxygens (including phenoxy) is 1. The predicted octanol–water partition coefficient (Wildman–Crippen LogP) is -0.917. The van der Waals surface area contributed by atoms with Gasteiger partial charge < -0.3 is 26.0 Å². The monoisotopic (exact) mass is 223 g/mol. The second-order valence-electron chi connectivity index (χ2n) is 3.44. The van der Waals surface area contributed by atoms with Crippen LogP contribution >= 0.6 is 0 Å². The van der Waals surface area contributed by atoms with Crippen LogP contribution in [0.3, 0.4) is 0 Å². The molecule has 6 heteroatoms. The Morgan fingerprint density at radius 3 is 3.06 bits per heavy atom. The zero-order valence-corrected chi connectivity index (χ0v) is 8.40. The summed E-state index contributed by atoms with van der Waals surface area (Å²) in [7, 11) is 0. The van der Waals surface area contributed by atoms with E-state index in [1.165, 1.54) is 12.1 Å². The molecule has 0 aromatic heterocycles. The lowest BCUT2D eigenvalue weighted by Crippen LogP contribution is -2.29. The average Bonchev–Trinajstić information content (AvgIpc) is 2.29. The van der Waals surface area contributed by atoms with Gasteiger partial charge in [0.05, 0.1) is 0 Å². The summed E-state index contributed by atoms with van der Waals surface area (Å²) in [4.78, 5) is 11.1. The van der Waals surface area contributed by atoms with Crippen LogP contribution in [0.2, 0.25) is 0 Å². The van der Waals surface area contributed by atoms with Crippen LogP contribution in [0, 0.1) is 0 Å². The highest BCUT2D eigenvalue weighted by Crippen LogP contribution is 2.40. The summed E-state index contributed by atoms with van der Waals surface area (Å²) in [5, 5.41) is 23.5. The van der Waals surface area contributed by atoms with E-state index in [1.54, 1.807) is 0 Å². The number of rotatable bonds is 2. The van der Waals surface area contributed by atoms with Crippen LogP contribution in [0.15, 0.2) is 12.1 Å². The molecule has 0 spiro atoms. The van der Waals surface area contributed by atoms with Crippen LogP contribution in [0.4, 0.5) is 5.69 Å². The van der Waals surface area contributed by atoms with Gasteiger partial charge in [-0.2, -0.15) is 0 Å². The molecule has 86 valence electrons. The quantitative estimate of drug-likeness (QED) is 0.562. The van der Waals surface area contributed by atoms with Crippen molar-refractivity contribution in [3.8, 4) is 11.5 Å². The normalized spacial score (nSPS) is 16.0. The van der Waals surface area contributed by atoms with Gasteiger partial charge in [0.25, 0.3) is 5.91 Å². The van der Waals surface area contributed by atoms with Crippen molar-refractivity contribution in [2.45, 2.75) is 6.10 Å². The van der Waals surface area contributed by atoms with Crippen LogP contribution in [0.1, 0.15) is 11.7 Å². The summed E-state index contributed by atoms with van der Waals surface area (Å²) in [6.45, 7) is -0.241. The molecular weight excluding hydrogens is 212 g/mol. The first-order valence-corrected chi connectivity index (χ1v) is 4.78. The van der Waals surface area contributed by atoms with Gasteiger partial charge in [0.2, 0.25) is 0 Å². The smallest absolute Gasteiger partial charge is 0.262 e. The predicted molar refractivity (Wildman–Crippen MR) is 54.0 cm³/mol. The lowest BCUT2D eigenvalue weighted by molar-refractivity contribution is -0.422. The van der Waals surface area contributed by atoms with E-state index in [2.05, 4.69) is 5.32 Å². The lowest BCUT2D eigenvalue weighted by atomic mass is 10.1. The first-order chi connectivity index (χ1) is 7.63. The molecule has 0 aliphatic carbocycles. The van der Waals surface area contributed by atoms with Gasteiger partial charge in [-0.25, -0.2) is 0 Å². The molecule has 2 rings (SSSR count). The molecule has 1 amide bonds. The number of aromatic hydroxyl groups is 1. The van der Waals surface area contributed by atoms with E-state index in [-0.39, 0.29) is 36.2 Å². The van der Waals surface area contributed by atoms with Crippen LogP contribution in [-0.2, 0) is 4.79 Å². The molecule has 1 aliphatic heterocycles. The highest BCUT2D eigenvalue weighted by Gasteiger charge is 2.22. The van der Waals surface area contributed by atoms with Crippen molar-refractivity contribution in [2.75, 3.05) is 18.5 Å². The van der Waals surface area contributed by atoms with Gasteiger partial charge in [-0.3, -0.25) is 4.79 Å².